The third-order valence-corrected chi connectivity index (χ3v) is 4.65. The van der Waals surface area contributed by atoms with E-state index in [1.165, 1.54) is 6.21 Å². The molecular weight excluding hydrogens is 404 g/mol. The lowest BCUT2D eigenvalue weighted by Gasteiger charge is -2.09. The van der Waals surface area contributed by atoms with Gasteiger partial charge in [0.25, 0.3) is 5.91 Å². The van der Waals surface area contributed by atoms with Gasteiger partial charge in [-0.3, -0.25) is 4.79 Å². The van der Waals surface area contributed by atoms with Crippen molar-refractivity contribution in [1.82, 2.24) is 5.43 Å². The van der Waals surface area contributed by atoms with Gasteiger partial charge in [-0.2, -0.15) is 5.10 Å². The Morgan fingerprint density at radius 1 is 1.12 bits per heavy atom. The lowest BCUT2D eigenvalue weighted by atomic mass is 10.1. The number of rotatable bonds is 5. The molecular formula is C19H14BrClN2O2. The average Bonchev–Trinajstić information content (AvgIpc) is 2.63. The Hall–Kier alpha value is -2.37. The first-order valence-corrected chi connectivity index (χ1v) is 8.69. The molecule has 0 aliphatic rings. The van der Waals surface area contributed by atoms with E-state index >= 15 is 0 Å². The van der Waals surface area contributed by atoms with Crippen molar-refractivity contribution in [2.24, 2.45) is 5.10 Å². The lowest BCUT2D eigenvalue weighted by molar-refractivity contribution is -0.123. The third kappa shape index (κ3) is 4.38. The monoisotopic (exact) mass is 416 g/mol. The zero-order valence-electron chi connectivity index (χ0n) is 13.1. The second-order valence-electron chi connectivity index (χ2n) is 5.20. The summed E-state index contributed by atoms with van der Waals surface area (Å²) in [5, 5.41) is 6.57. The molecule has 0 aliphatic carbocycles. The van der Waals surface area contributed by atoms with Gasteiger partial charge in [0.2, 0.25) is 0 Å². The minimum Gasteiger partial charge on any atom is -0.483 e. The van der Waals surface area contributed by atoms with Gasteiger partial charge in [-0.1, -0.05) is 60.1 Å². The smallest absolute Gasteiger partial charge is 0.277 e. The Labute approximate surface area is 158 Å². The van der Waals surface area contributed by atoms with Crippen molar-refractivity contribution < 1.29 is 9.53 Å². The maximum absolute atomic E-state index is 11.9. The number of carbonyl (C=O) groups is 1. The fourth-order valence-corrected chi connectivity index (χ4v) is 3.05. The molecule has 0 spiro atoms. The van der Waals surface area contributed by atoms with Gasteiger partial charge in [0.05, 0.1) is 10.7 Å². The first-order valence-electron chi connectivity index (χ1n) is 7.51. The van der Waals surface area contributed by atoms with Crippen LogP contribution in [0, 0.1) is 0 Å². The van der Waals surface area contributed by atoms with E-state index in [0.717, 1.165) is 20.8 Å². The summed E-state index contributed by atoms with van der Waals surface area (Å²) in [6.45, 7) is -0.142. The average molecular weight is 418 g/mol. The molecule has 0 saturated carbocycles. The molecule has 3 rings (SSSR count). The Bertz CT molecular complexity index is 944. The summed E-state index contributed by atoms with van der Waals surface area (Å²) < 4.78 is 6.39. The second kappa shape index (κ2) is 8.14. The molecule has 0 fully saturated rings. The van der Waals surface area contributed by atoms with Gasteiger partial charge in [0, 0.05) is 10.6 Å². The first-order chi connectivity index (χ1) is 12.1. The van der Waals surface area contributed by atoms with Crippen LogP contribution in [0.4, 0.5) is 0 Å². The minimum atomic E-state index is -0.358. The molecule has 3 aromatic carbocycles. The lowest BCUT2D eigenvalue weighted by Crippen LogP contribution is -2.24. The number of fused-ring (bicyclic) bond motifs is 1. The van der Waals surface area contributed by atoms with Gasteiger partial charge in [0.1, 0.15) is 5.75 Å². The number of hydrogen-bond acceptors (Lipinski definition) is 3. The zero-order valence-corrected chi connectivity index (χ0v) is 15.4. The van der Waals surface area contributed by atoms with Crippen LogP contribution in [-0.4, -0.2) is 18.7 Å². The largest absolute Gasteiger partial charge is 0.483 e. The number of halogens is 2. The molecule has 0 atom stereocenters. The van der Waals surface area contributed by atoms with E-state index in [4.69, 9.17) is 16.3 Å². The molecule has 1 amide bonds. The van der Waals surface area contributed by atoms with Gasteiger partial charge < -0.3 is 4.74 Å². The van der Waals surface area contributed by atoms with Crippen molar-refractivity contribution in [3.63, 3.8) is 0 Å². The summed E-state index contributed by atoms with van der Waals surface area (Å²) in [5.74, 6) is 0.243. The highest BCUT2D eigenvalue weighted by molar-refractivity contribution is 9.10. The summed E-state index contributed by atoms with van der Waals surface area (Å²) in [6.07, 6.45) is 1.49. The van der Waals surface area contributed by atoms with E-state index < -0.39 is 0 Å². The molecule has 25 heavy (non-hydrogen) atoms. The fourth-order valence-electron chi connectivity index (χ4n) is 2.25. The van der Waals surface area contributed by atoms with Gasteiger partial charge in [-0.25, -0.2) is 5.43 Å². The topological polar surface area (TPSA) is 50.7 Å². The normalized spacial score (nSPS) is 11.0. The van der Waals surface area contributed by atoms with Gasteiger partial charge >= 0.3 is 0 Å². The van der Waals surface area contributed by atoms with E-state index in [1.807, 2.05) is 48.5 Å². The number of carbonyl (C=O) groups excluding carboxylic acids is 1. The van der Waals surface area contributed by atoms with Crippen LogP contribution in [0.5, 0.6) is 5.75 Å². The molecule has 0 aromatic heterocycles. The van der Waals surface area contributed by atoms with E-state index in [9.17, 15) is 4.79 Å². The maximum atomic E-state index is 11.9. The van der Waals surface area contributed by atoms with Crippen molar-refractivity contribution in [3.05, 3.63) is 75.7 Å². The summed E-state index contributed by atoms with van der Waals surface area (Å²) >= 11 is 9.53. The molecule has 0 bridgehead atoms. The summed E-state index contributed by atoms with van der Waals surface area (Å²) in [7, 11) is 0. The molecule has 0 radical (unpaired) electrons. The Balaban J connectivity index is 1.59. The standard InChI is InChI=1S/C19H14BrClN2O2/c20-19-15-7-3-1-5-13(15)9-10-17(19)25-12-18(24)23-22-11-14-6-2-4-8-16(14)21/h1-11H,12H2,(H,23,24)/b22-11-. The molecule has 0 aliphatic heterocycles. The van der Waals surface area contributed by atoms with E-state index in [0.29, 0.717) is 10.8 Å². The van der Waals surface area contributed by atoms with E-state index in [2.05, 4.69) is 26.5 Å². The van der Waals surface area contributed by atoms with Crippen molar-refractivity contribution in [2.75, 3.05) is 6.61 Å². The Morgan fingerprint density at radius 3 is 2.72 bits per heavy atom. The first kappa shape index (κ1) is 17.5. The van der Waals surface area contributed by atoms with Crippen molar-refractivity contribution >= 4 is 50.4 Å². The molecule has 3 aromatic rings. The number of hydrogen-bond donors (Lipinski definition) is 1. The van der Waals surface area contributed by atoms with Crippen LogP contribution >= 0.6 is 27.5 Å². The van der Waals surface area contributed by atoms with Crippen molar-refractivity contribution in [2.45, 2.75) is 0 Å². The number of nitrogens with one attached hydrogen (secondary N) is 1. The summed E-state index contributed by atoms with van der Waals surface area (Å²) in [5.41, 5.74) is 3.14. The number of nitrogens with zero attached hydrogens (tertiary/aromatic N) is 1. The number of benzene rings is 3. The van der Waals surface area contributed by atoms with Crippen LogP contribution in [0.1, 0.15) is 5.56 Å². The third-order valence-electron chi connectivity index (χ3n) is 3.48. The molecule has 126 valence electrons. The molecule has 0 saturated heterocycles. The maximum Gasteiger partial charge on any atom is 0.277 e. The second-order valence-corrected chi connectivity index (χ2v) is 6.40. The fraction of sp³-hybridized carbons (Fsp3) is 0.0526. The number of hydrazone groups is 1. The summed E-state index contributed by atoms with van der Waals surface area (Å²) in [6, 6.07) is 18.9. The zero-order chi connectivity index (χ0) is 17.6. The highest BCUT2D eigenvalue weighted by Crippen LogP contribution is 2.32. The SMILES string of the molecule is O=C(COc1ccc2ccccc2c1Br)N/N=C\c1ccccc1Cl. The van der Waals surface area contributed by atoms with Crippen molar-refractivity contribution in [1.29, 1.82) is 0 Å². The molecule has 0 unspecified atom stereocenters. The van der Waals surface area contributed by atoms with Gasteiger partial charge in [-0.15, -0.1) is 0 Å². The molecule has 0 heterocycles. The van der Waals surface area contributed by atoms with E-state index in [1.54, 1.807) is 12.1 Å². The summed E-state index contributed by atoms with van der Waals surface area (Å²) in [4.78, 5) is 11.9. The van der Waals surface area contributed by atoms with Crippen LogP contribution < -0.4 is 10.2 Å². The van der Waals surface area contributed by atoms with Crippen LogP contribution in [0.3, 0.4) is 0 Å². The van der Waals surface area contributed by atoms with Crippen LogP contribution in [-0.2, 0) is 4.79 Å². The minimum absolute atomic E-state index is 0.142. The Morgan fingerprint density at radius 2 is 1.88 bits per heavy atom. The molecule has 1 N–H and O–H groups in total. The van der Waals surface area contributed by atoms with E-state index in [-0.39, 0.29) is 12.5 Å². The predicted molar refractivity (Wildman–Crippen MR) is 104 cm³/mol. The van der Waals surface area contributed by atoms with Crippen LogP contribution in [0.15, 0.2) is 70.2 Å². The molecule has 4 nitrogen and oxygen atoms in total. The van der Waals surface area contributed by atoms with Crippen LogP contribution in [0.25, 0.3) is 10.8 Å². The highest BCUT2D eigenvalue weighted by atomic mass is 79.9. The van der Waals surface area contributed by atoms with Gasteiger partial charge in [-0.05, 0) is 38.8 Å². The Kier molecular flexibility index (Phi) is 5.68. The predicted octanol–water partition coefficient (Wildman–Crippen LogP) is 4.78. The number of amides is 1. The van der Waals surface area contributed by atoms with Gasteiger partial charge in [0.15, 0.2) is 6.61 Å². The van der Waals surface area contributed by atoms with Crippen molar-refractivity contribution in [3.8, 4) is 5.75 Å². The quantitative estimate of drug-likeness (QED) is 0.479. The highest BCUT2D eigenvalue weighted by Gasteiger charge is 2.08. The number of ether oxygens (including phenoxy) is 1. The molecule has 6 heteroatoms. The van der Waals surface area contributed by atoms with Crippen LogP contribution in [0.2, 0.25) is 5.02 Å².